The third-order valence-electron chi connectivity index (χ3n) is 6.06. The van der Waals surface area contributed by atoms with E-state index in [2.05, 4.69) is 99.5 Å². The maximum atomic E-state index is 6.82. The molecule has 2 aromatic carbocycles. The van der Waals surface area contributed by atoms with E-state index in [0.29, 0.717) is 0 Å². The zero-order chi connectivity index (χ0) is 29.4. The number of hydrogen-bond donors (Lipinski definition) is 0. The van der Waals surface area contributed by atoms with Crippen molar-refractivity contribution >= 4 is 53.9 Å². The summed E-state index contributed by atoms with van der Waals surface area (Å²) in [5.41, 5.74) is 2.60. The van der Waals surface area contributed by atoms with Crippen LogP contribution in [0.5, 0.6) is 0 Å². The minimum absolute atomic E-state index is 0.151. The Kier molecular flexibility index (Phi) is 7.24. The number of benzene rings is 2. The van der Waals surface area contributed by atoms with Crippen molar-refractivity contribution in [1.82, 2.24) is 16.4 Å². The Morgan fingerprint density at radius 3 is 0.775 bits per heavy atom. The molecule has 220 valence electrons. The average Bonchev–Trinajstić information content (AvgIpc) is 2.73. The lowest BCUT2D eigenvalue weighted by Crippen LogP contribution is -2.29. The molecule has 6 heterocycles. The van der Waals surface area contributed by atoms with Crippen LogP contribution in [-0.4, -0.2) is 16.4 Å². The van der Waals surface area contributed by atoms with Crippen LogP contribution in [0, 0.1) is 0 Å². The molecule has 40 heavy (non-hydrogen) atoms. The second-order valence-corrected chi connectivity index (χ2v) is 21.4. The molecule has 8 aromatic rings. The zero-order valence-electron chi connectivity index (χ0n) is 25.8. The van der Waals surface area contributed by atoms with Gasteiger partial charge in [0.05, 0.1) is 22.2 Å². The van der Waals surface area contributed by atoms with E-state index in [0.717, 1.165) is 22.3 Å². The van der Waals surface area contributed by atoms with Crippen LogP contribution < -0.4 is 0 Å². The van der Waals surface area contributed by atoms with Gasteiger partial charge in [-0.3, -0.25) is 0 Å². The van der Waals surface area contributed by atoms with Gasteiger partial charge in [0.25, 0.3) is 0 Å². The quantitative estimate of drug-likeness (QED) is 0.172. The first-order valence-electron chi connectivity index (χ1n) is 13.7. The van der Waals surface area contributed by atoms with Crippen molar-refractivity contribution in [3.05, 3.63) is 48.5 Å². The second kappa shape index (κ2) is 9.81. The van der Waals surface area contributed by atoms with Gasteiger partial charge in [-0.2, -0.15) is 0 Å². The van der Waals surface area contributed by atoms with E-state index in [-0.39, 0.29) is 22.2 Å². The number of hydrogen-bond acceptors (Lipinski definition) is 4. The third-order valence-corrected chi connectivity index (χ3v) is 18.6. The van der Waals surface area contributed by atoms with Crippen LogP contribution in [0.3, 0.4) is 0 Å². The summed E-state index contributed by atoms with van der Waals surface area (Å²) in [4.78, 5) is 0. The van der Waals surface area contributed by atoms with E-state index in [1.807, 2.05) is 48.5 Å². The van der Waals surface area contributed by atoms with Gasteiger partial charge in [0, 0.05) is 12.1 Å². The minimum Gasteiger partial charge on any atom is -0.417 e. The topological polar surface area (TPSA) is 72.3 Å². The van der Waals surface area contributed by atoms with Gasteiger partial charge in [0.15, 0.2) is 0 Å². The van der Waals surface area contributed by atoms with E-state index >= 15 is 0 Å². The summed E-state index contributed by atoms with van der Waals surface area (Å²) in [7, 11) is -4.46. The van der Waals surface area contributed by atoms with Crippen molar-refractivity contribution in [2.75, 3.05) is 0 Å². The fourth-order valence-corrected chi connectivity index (χ4v) is 14.9. The molecule has 6 aromatic heterocycles. The van der Waals surface area contributed by atoms with Gasteiger partial charge in [-0.15, -0.1) is 0 Å². The van der Waals surface area contributed by atoms with E-state index in [1.54, 1.807) is 0 Å². The average molecular weight is 625 g/mol. The minimum atomic E-state index is -1.12. The van der Waals surface area contributed by atoms with Crippen molar-refractivity contribution in [3.8, 4) is 0 Å². The Bertz CT molecular complexity index is 1560. The Morgan fingerprint density at radius 1 is 0.400 bits per heavy atom. The van der Waals surface area contributed by atoms with Crippen LogP contribution in [0.1, 0.15) is 83.1 Å². The predicted molar refractivity (Wildman–Crippen MR) is 172 cm³/mol. The van der Waals surface area contributed by atoms with Crippen LogP contribution in [0.15, 0.2) is 65.3 Å². The first kappa shape index (κ1) is 29.5. The van der Waals surface area contributed by atoms with E-state index in [4.69, 9.17) is 16.8 Å². The molecular formula is C28H44N4O4P4. The normalized spacial score (nSPS) is 15.3. The van der Waals surface area contributed by atoms with Gasteiger partial charge in [0.2, 0.25) is 31.6 Å². The Morgan fingerprint density at radius 2 is 0.600 bits per heavy atom. The fourth-order valence-electron chi connectivity index (χ4n) is 4.43. The standard InChI is InChI=1S/C28H44N4O4P4/c1-25(2,3)29-37-30(26(4,5)6)38(29)34-22-16-14-18-24(20-22)36-40-31(27(7,8)9)39(32(40)28(10,11)12)35-23-17-13-15-21(19-23)33-37/h13-20H,1-12H3. The third kappa shape index (κ3) is 5.46. The van der Waals surface area contributed by atoms with Gasteiger partial charge in [-0.25, -0.2) is 16.4 Å². The highest BCUT2D eigenvalue weighted by Crippen LogP contribution is 2.53. The molecule has 0 saturated carbocycles. The van der Waals surface area contributed by atoms with Crippen molar-refractivity contribution in [1.29, 1.82) is 0 Å². The summed E-state index contributed by atoms with van der Waals surface area (Å²) < 4.78 is 36.9. The van der Waals surface area contributed by atoms with Crippen molar-refractivity contribution in [2.24, 2.45) is 0 Å². The number of nitrogens with zero attached hydrogens (tertiary/aromatic N) is 4. The van der Waals surface area contributed by atoms with Crippen LogP contribution in [0.25, 0.3) is 22.3 Å². The second-order valence-electron chi connectivity index (χ2n) is 14.2. The van der Waals surface area contributed by atoms with Gasteiger partial charge >= 0.3 is 0 Å². The molecule has 12 heteroatoms. The lowest BCUT2D eigenvalue weighted by Gasteiger charge is -2.35. The molecule has 0 atom stereocenters. The molecule has 0 radical (unpaired) electrons. The van der Waals surface area contributed by atoms with Gasteiger partial charge in [-0.1, -0.05) is 12.1 Å². The molecule has 0 N–H and O–H groups in total. The highest BCUT2D eigenvalue weighted by atomic mass is 31.2. The molecule has 8 nitrogen and oxygen atoms in total. The fraction of sp³-hybridized carbons (Fsp3) is 0.571. The highest BCUT2D eigenvalue weighted by Gasteiger charge is 2.34. The summed E-state index contributed by atoms with van der Waals surface area (Å²) in [6.45, 7) is 26.7. The first-order valence-corrected chi connectivity index (χ1v) is 18.3. The highest BCUT2D eigenvalue weighted by molar-refractivity contribution is 7.56. The maximum absolute atomic E-state index is 6.82. The molecule has 0 spiro atoms. The Labute approximate surface area is 240 Å². The summed E-state index contributed by atoms with van der Waals surface area (Å²) in [5.74, 6) is 0. The predicted octanol–water partition coefficient (Wildman–Crippen LogP) is 12.0. The van der Waals surface area contributed by atoms with E-state index in [9.17, 15) is 0 Å². The molecule has 8 rings (SSSR count). The molecule has 0 amide bonds. The summed E-state index contributed by atoms with van der Waals surface area (Å²) in [6, 6.07) is 16.2. The van der Waals surface area contributed by atoms with Gasteiger partial charge in [-0.05, 0) is 107 Å². The van der Waals surface area contributed by atoms with Crippen LogP contribution >= 0.6 is 31.6 Å². The van der Waals surface area contributed by atoms with E-state index < -0.39 is 31.6 Å². The Balaban J connectivity index is 2.06. The lowest BCUT2D eigenvalue weighted by molar-refractivity contribution is 0.390. The van der Waals surface area contributed by atoms with Crippen LogP contribution in [0.2, 0.25) is 0 Å². The van der Waals surface area contributed by atoms with Crippen LogP contribution in [-0.2, 0) is 22.2 Å². The number of rotatable bonds is 0. The first-order chi connectivity index (χ1) is 18.4. The lowest BCUT2D eigenvalue weighted by atomic mass is 10.1. The molecule has 0 aliphatic heterocycles. The molecule has 0 unspecified atom stereocenters. The molecule has 0 aliphatic carbocycles. The van der Waals surface area contributed by atoms with Crippen molar-refractivity contribution < 1.29 is 16.8 Å². The monoisotopic (exact) mass is 624 g/mol. The van der Waals surface area contributed by atoms with Gasteiger partial charge < -0.3 is 16.8 Å². The molecular weight excluding hydrogens is 580 g/mol. The summed E-state index contributed by atoms with van der Waals surface area (Å²) in [6.07, 6.45) is 0. The van der Waals surface area contributed by atoms with Gasteiger partial charge in [0.1, 0.15) is 22.3 Å². The van der Waals surface area contributed by atoms with Crippen molar-refractivity contribution in [3.63, 3.8) is 0 Å². The largest absolute Gasteiger partial charge is 0.417 e. The zero-order valence-corrected chi connectivity index (χ0v) is 29.4. The SMILES string of the molecule is CC(C)(C)n1p2oc3cccc(c3)op3n(C(C)(C)C)p(oc4cccc(c4)op1n2C(C)(C)C)n3C(C)(C)C. The smallest absolute Gasteiger partial charge is 0.249 e. The molecule has 0 saturated heterocycles. The van der Waals surface area contributed by atoms with E-state index in [1.165, 1.54) is 0 Å². The number of aromatic nitrogens is 4. The molecule has 0 aliphatic rings. The maximum Gasteiger partial charge on any atom is 0.249 e. The summed E-state index contributed by atoms with van der Waals surface area (Å²) >= 11 is 0. The molecule has 8 bridgehead atoms. The summed E-state index contributed by atoms with van der Waals surface area (Å²) in [5, 5.41) is 0. The molecule has 0 fully saturated rings. The van der Waals surface area contributed by atoms with Crippen LogP contribution in [0.4, 0.5) is 0 Å². The Hall–Kier alpha value is -1.96. The van der Waals surface area contributed by atoms with Crippen molar-refractivity contribution in [2.45, 2.75) is 105 Å².